The van der Waals surface area contributed by atoms with Crippen molar-refractivity contribution >= 4 is 11.9 Å². The maximum Gasteiger partial charge on any atom is 0.356 e. The van der Waals surface area contributed by atoms with Gasteiger partial charge in [0, 0.05) is 37.5 Å². The number of carbonyl (C=O) groups excluding carboxylic acids is 2. The number of benzene rings is 1. The molecule has 35 heavy (non-hydrogen) atoms. The maximum absolute atomic E-state index is 14.1. The van der Waals surface area contributed by atoms with Crippen LogP contribution < -0.4 is 5.32 Å². The van der Waals surface area contributed by atoms with E-state index >= 15 is 0 Å². The Balaban J connectivity index is 1.60. The summed E-state index contributed by atoms with van der Waals surface area (Å²) in [4.78, 5) is 29.3. The number of nitrogens with one attached hydrogen (secondary N) is 1. The third kappa shape index (κ3) is 4.79. The van der Waals surface area contributed by atoms with Gasteiger partial charge in [-0.2, -0.15) is 5.10 Å². The zero-order valence-corrected chi connectivity index (χ0v) is 19.1. The van der Waals surface area contributed by atoms with E-state index in [0.717, 1.165) is 11.6 Å². The third-order valence-electron chi connectivity index (χ3n) is 5.59. The molecule has 3 heterocycles. The summed E-state index contributed by atoms with van der Waals surface area (Å²) in [5, 5.41) is 10.7. The first-order valence-electron chi connectivity index (χ1n) is 10.5. The summed E-state index contributed by atoms with van der Waals surface area (Å²) in [6, 6.07) is 9.20. The number of hydrogen-bond donors (Lipinski definition) is 1. The molecule has 0 aliphatic carbocycles. The molecule has 1 aromatic carbocycles. The highest BCUT2D eigenvalue weighted by Crippen LogP contribution is 2.30. The van der Waals surface area contributed by atoms with Gasteiger partial charge in [0.25, 0.3) is 5.91 Å². The number of amides is 1. The van der Waals surface area contributed by atoms with Crippen LogP contribution in [-0.4, -0.2) is 45.5 Å². The van der Waals surface area contributed by atoms with E-state index < -0.39 is 28.9 Å². The monoisotopic (exact) mass is 481 g/mol. The molecule has 1 N–H and O–H groups in total. The molecule has 0 spiro atoms. The van der Waals surface area contributed by atoms with Crippen LogP contribution in [0.3, 0.4) is 0 Å². The van der Waals surface area contributed by atoms with Crippen molar-refractivity contribution in [3.8, 4) is 11.3 Å². The predicted molar refractivity (Wildman–Crippen MR) is 119 cm³/mol. The van der Waals surface area contributed by atoms with E-state index in [1.54, 1.807) is 36.3 Å². The second-order valence-corrected chi connectivity index (χ2v) is 8.02. The molecule has 4 rings (SSSR count). The summed E-state index contributed by atoms with van der Waals surface area (Å²) in [6.45, 7) is 1.90. The molecule has 0 saturated carbocycles. The van der Waals surface area contributed by atoms with Crippen molar-refractivity contribution in [2.45, 2.75) is 12.3 Å². The van der Waals surface area contributed by atoms with Gasteiger partial charge in [-0.15, -0.1) is 0 Å². The highest BCUT2D eigenvalue weighted by atomic mass is 19.1. The molecule has 0 fully saturated rings. The van der Waals surface area contributed by atoms with E-state index in [9.17, 15) is 18.4 Å². The fourth-order valence-corrected chi connectivity index (χ4v) is 3.55. The fraction of sp³-hybridized carbons (Fsp3) is 0.208. The molecule has 1 amide bonds. The lowest BCUT2D eigenvalue weighted by Gasteiger charge is -2.28. The van der Waals surface area contributed by atoms with Crippen molar-refractivity contribution < 1.29 is 27.6 Å². The Morgan fingerprint density at radius 3 is 2.66 bits per heavy atom. The Labute approximate surface area is 198 Å². The number of ether oxygens (including phenoxy) is 1. The average molecular weight is 481 g/mol. The number of rotatable bonds is 7. The minimum absolute atomic E-state index is 0.0184. The quantitative estimate of drug-likeness (QED) is 0.403. The standard InChI is InChI=1S/C24H21F2N5O4/c1-24(14-11-28-31(2)12-14,21-6-4-5-18(29-21)23(33)34-3)13-27-22(32)19-10-20(35-30-19)16-8-7-15(25)9-17(16)26/h4-12H,13H2,1-3H3,(H,27,32). The smallest absolute Gasteiger partial charge is 0.356 e. The summed E-state index contributed by atoms with van der Waals surface area (Å²) in [5.41, 5.74) is 0.361. The molecular weight excluding hydrogens is 460 g/mol. The van der Waals surface area contributed by atoms with Crippen LogP contribution >= 0.6 is 0 Å². The summed E-state index contributed by atoms with van der Waals surface area (Å²) in [7, 11) is 3.02. The molecular formula is C24H21F2N5O4. The fourth-order valence-electron chi connectivity index (χ4n) is 3.55. The number of carbonyl (C=O) groups is 2. The first kappa shape index (κ1) is 23.7. The van der Waals surface area contributed by atoms with Gasteiger partial charge in [-0.05, 0) is 31.2 Å². The Hall–Kier alpha value is -4.41. The Morgan fingerprint density at radius 1 is 1.17 bits per heavy atom. The number of aromatic nitrogens is 4. The lowest BCUT2D eigenvalue weighted by molar-refractivity contribution is 0.0593. The molecule has 1 unspecified atom stereocenters. The maximum atomic E-state index is 14.1. The normalized spacial score (nSPS) is 12.7. The van der Waals surface area contributed by atoms with Crippen LogP contribution in [0.5, 0.6) is 0 Å². The van der Waals surface area contributed by atoms with Crippen LogP contribution in [-0.2, 0) is 17.2 Å². The molecule has 0 aliphatic heterocycles. The first-order valence-corrected chi connectivity index (χ1v) is 10.5. The van der Waals surface area contributed by atoms with E-state index in [2.05, 4.69) is 20.6 Å². The van der Waals surface area contributed by atoms with Crippen LogP contribution in [0.25, 0.3) is 11.3 Å². The zero-order valence-electron chi connectivity index (χ0n) is 19.1. The third-order valence-corrected chi connectivity index (χ3v) is 5.59. The Bertz CT molecular complexity index is 1400. The molecule has 9 nitrogen and oxygen atoms in total. The van der Waals surface area contributed by atoms with Crippen molar-refractivity contribution in [1.29, 1.82) is 0 Å². The van der Waals surface area contributed by atoms with Crippen LogP contribution in [0.15, 0.2) is 59.4 Å². The SMILES string of the molecule is COC(=O)c1cccc(C(C)(CNC(=O)c2cc(-c3ccc(F)cc3F)on2)c2cnn(C)c2)n1. The van der Waals surface area contributed by atoms with Crippen molar-refractivity contribution in [3.63, 3.8) is 0 Å². The van der Waals surface area contributed by atoms with E-state index in [0.29, 0.717) is 11.8 Å². The van der Waals surface area contributed by atoms with Gasteiger partial charge in [0.15, 0.2) is 11.5 Å². The lowest BCUT2D eigenvalue weighted by Crippen LogP contribution is -2.40. The minimum atomic E-state index is -0.885. The lowest BCUT2D eigenvalue weighted by atomic mass is 9.80. The summed E-state index contributed by atoms with van der Waals surface area (Å²) >= 11 is 0. The van der Waals surface area contributed by atoms with Crippen LogP contribution in [0.1, 0.15) is 39.2 Å². The number of halogens is 2. The number of nitrogens with zero attached hydrogens (tertiary/aromatic N) is 4. The van der Waals surface area contributed by atoms with E-state index in [4.69, 9.17) is 9.26 Å². The highest BCUT2D eigenvalue weighted by Gasteiger charge is 2.33. The first-order chi connectivity index (χ1) is 16.7. The largest absolute Gasteiger partial charge is 0.464 e. The molecule has 0 aliphatic rings. The molecule has 180 valence electrons. The van der Waals surface area contributed by atoms with Gasteiger partial charge < -0.3 is 14.6 Å². The molecule has 0 saturated heterocycles. The second-order valence-electron chi connectivity index (χ2n) is 8.02. The molecule has 4 aromatic rings. The number of methoxy groups -OCH3 is 1. The van der Waals surface area contributed by atoms with Crippen molar-refractivity contribution in [2.24, 2.45) is 7.05 Å². The van der Waals surface area contributed by atoms with Crippen LogP contribution in [0.4, 0.5) is 8.78 Å². The van der Waals surface area contributed by atoms with Gasteiger partial charge in [-0.3, -0.25) is 9.48 Å². The number of aryl methyl sites for hydroxylation is 1. The summed E-state index contributed by atoms with van der Waals surface area (Å²) < 4.78 is 38.7. The average Bonchev–Trinajstić information content (AvgIpc) is 3.52. The van der Waals surface area contributed by atoms with Gasteiger partial charge in [-0.1, -0.05) is 11.2 Å². The molecule has 11 heteroatoms. The van der Waals surface area contributed by atoms with Gasteiger partial charge >= 0.3 is 5.97 Å². The second kappa shape index (κ2) is 9.45. The summed E-state index contributed by atoms with van der Waals surface area (Å²) in [6.07, 6.45) is 3.42. The van der Waals surface area contributed by atoms with E-state index in [1.165, 1.54) is 25.3 Å². The van der Waals surface area contributed by atoms with Crippen LogP contribution in [0, 0.1) is 11.6 Å². The molecule has 0 bridgehead atoms. The molecule has 1 atom stereocenters. The Kier molecular flexibility index (Phi) is 6.41. The van der Waals surface area contributed by atoms with E-state index in [-0.39, 0.29) is 29.3 Å². The van der Waals surface area contributed by atoms with Gasteiger partial charge in [0.2, 0.25) is 0 Å². The molecule has 3 aromatic heterocycles. The number of pyridine rings is 1. The van der Waals surface area contributed by atoms with Gasteiger partial charge in [-0.25, -0.2) is 18.6 Å². The Morgan fingerprint density at radius 2 is 1.97 bits per heavy atom. The number of hydrogen-bond acceptors (Lipinski definition) is 7. The van der Waals surface area contributed by atoms with Gasteiger partial charge in [0.1, 0.15) is 17.3 Å². The zero-order chi connectivity index (χ0) is 25.2. The predicted octanol–water partition coefficient (Wildman–Crippen LogP) is 3.27. The molecule has 0 radical (unpaired) electrons. The van der Waals surface area contributed by atoms with E-state index in [1.807, 2.05) is 6.92 Å². The van der Waals surface area contributed by atoms with Crippen molar-refractivity contribution in [3.05, 3.63) is 89.1 Å². The van der Waals surface area contributed by atoms with Gasteiger partial charge in [0.05, 0.1) is 30.0 Å². The van der Waals surface area contributed by atoms with Crippen molar-refractivity contribution in [2.75, 3.05) is 13.7 Å². The number of esters is 1. The topological polar surface area (TPSA) is 112 Å². The van der Waals surface area contributed by atoms with Crippen molar-refractivity contribution in [1.82, 2.24) is 25.2 Å². The highest BCUT2D eigenvalue weighted by molar-refractivity contribution is 5.93. The van der Waals surface area contributed by atoms with Crippen LogP contribution in [0.2, 0.25) is 0 Å². The summed E-state index contributed by atoms with van der Waals surface area (Å²) in [5.74, 6) is -2.76. The minimum Gasteiger partial charge on any atom is -0.464 e.